The molecule has 7 heteroatoms. The van der Waals surface area contributed by atoms with Gasteiger partial charge in [-0.15, -0.1) is 5.10 Å². The van der Waals surface area contributed by atoms with E-state index in [1.165, 1.54) is 0 Å². The number of aromatic nitrogens is 2. The van der Waals surface area contributed by atoms with E-state index >= 15 is 0 Å². The van der Waals surface area contributed by atoms with Crippen LogP contribution in [0.2, 0.25) is 0 Å². The Labute approximate surface area is 136 Å². The summed E-state index contributed by atoms with van der Waals surface area (Å²) in [5.41, 5.74) is 6.12. The number of amides is 1. The van der Waals surface area contributed by atoms with Crippen molar-refractivity contribution in [3.05, 3.63) is 18.3 Å². The lowest BCUT2D eigenvalue weighted by molar-refractivity contribution is -0.124. The first-order valence-corrected chi connectivity index (χ1v) is 8.41. The largest absolute Gasteiger partial charge is 0.381 e. The van der Waals surface area contributed by atoms with E-state index in [2.05, 4.69) is 20.4 Å². The first-order valence-electron chi connectivity index (χ1n) is 8.41. The van der Waals surface area contributed by atoms with Crippen molar-refractivity contribution in [1.29, 1.82) is 0 Å². The second kappa shape index (κ2) is 7.70. The van der Waals surface area contributed by atoms with Crippen molar-refractivity contribution in [2.75, 3.05) is 31.2 Å². The molecular formula is C16H25N5O2. The zero-order chi connectivity index (χ0) is 16.1. The molecule has 2 fully saturated rings. The van der Waals surface area contributed by atoms with Gasteiger partial charge in [-0.1, -0.05) is 0 Å². The standard InChI is InChI=1S/C16H25N5O2/c17-15(12-5-9-23-10-6-12)16(22)18-11-13-3-2-8-21(13)14-4-1-7-19-20-14/h1,4,7,12-13,15H,2-3,5-6,8-11,17H2,(H,18,22). The number of carbonyl (C=O) groups is 1. The summed E-state index contributed by atoms with van der Waals surface area (Å²) in [5.74, 6) is 1.05. The van der Waals surface area contributed by atoms with Gasteiger partial charge in [-0.2, -0.15) is 5.10 Å². The summed E-state index contributed by atoms with van der Waals surface area (Å²) < 4.78 is 5.33. The van der Waals surface area contributed by atoms with Gasteiger partial charge in [0.2, 0.25) is 5.91 Å². The van der Waals surface area contributed by atoms with E-state index in [9.17, 15) is 4.79 Å². The number of anilines is 1. The summed E-state index contributed by atoms with van der Waals surface area (Å²) in [7, 11) is 0. The van der Waals surface area contributed by atoms with Crippen LogP contribution in [-0.2, 0) is 9.53 Å². The molecule has 0 spiro atoms. The molecule has 2 atom stereocenters. The van der Waals surface area contributed by atoms with Crippen LogP contribution in [0.4, 0.5) is 5.82 Å². The Morgan fingerprint density at radius 1 is 1.43 bits per heavy atom. The Balaban J connectivity index is 1.51. The first kappa shape index (κ1) is 16.1. The summed E-state index contributed by atoms with van der Waals surface area (Å²) in [6.07, 6.45) is 5.54. The van der Waals surface area contributed by atoms with Gasteiger partial charge in [-0.3, -0.25) is 4.79 Å². The summed E-state index contributed by atoms with van der Waals surface area (Å²) in [5, 5.41) is 11.1. The van der Waals surface area contributed by atoms with Crippen molar-refractivity contribution in [3.63, 3.8) is 0 Å². The molecule has 126 valence electrons. The topological polar surface area (TPSA) is 93.4 Å². The molecule has 23 heavy (non-hydrogen) atoms. The van der Waals surface area contributed by atoms with Crippen LogP contribution in [0.3, 0.4) is 0 Å². The third kappa shape index (κ3) is 3.97. The van der Waals surface area contributed by atoms with E-state index in [-0.39, 0.29) is 17.9 Å². The Morgan fingerprint density at radius 2 is 2.26 bits per heavy atom. The lowest BCUT2D eigenvalue weighted by Gasteiger charge is -2.29. The number of nitrogens with two attached hydrogens (primary N) is 1. The molecule has 3 N–H and O–H groups in total. The highest BCUT2D eigenvalue weighted by molar-refractivity contribution is 5.81. The lowest BCUT2D eigenvalue weighted by atomic mass is 9.92. The number of nitrogens with one attached hydrogen (secondary N) is 1. The molecule has 7 nitrogen and oxygen atoms in total. The lowest BCUT2D eigenvalue weighted by Crippen LogP contribution is -2.50. The number of rotatable bonds is 5. The predicted molar refractivity (Wildman–Crippen MR) is 86.9 cm³/mol. The normalized spacial score (nSPS) is 23.7. The van der Waals surface area contributed by atoms with Gasteiger partial charge in [0, 0.05) is 38.5 Å². The first-order chi connectivity index (χ1) is 11.3. The number of hydrogen-bond donors (Lipinski definition) is 2. The zero-order valence-electron chi connectivity index (χ0n) is 13.4. The molecule has 1 amide bonds. The maximum atomic E-state index is 12.3. The average Bonchev–Trinajstić information content (AvgIpc) is 3.09. The molecule has 1 aromatic rings. The van der Waals surface area contributed by atoms with Crippen LogP contribution in [0.5, 0.6) is 0 Å². The van der Waals surface area contributed by atoms with Crippen LogP contribution in [0.25, 0.3) is 0 Å². The molecule has 0 saturated carbocycles. The Kier molecular flexibility index (Phi) is 5.40. The van der Waals surface area contributed by atoms with Crippen molar-refractivity contribution < 1.29 is 9.53 Å². The maximum absolute atomic E-state index is 12.3. The smallest absolute Gasteiger partial charge is 0.237 e. The Hall–Kier alpha value is -1.73. The molecule has 0 radical (unpaired) electrons. The molecule has 0 aliphatic carbocycles. The third-order valence-corrected chi connectivity index (χ3v) is 4.82. The van der Waals surface area contributed by atoms with Gasteiger partial charge in [0.25, 0.3) is 0 Å². The van der Waals surface area contributed by atoms with Crippen LogP contribution in [0, 0.1) is 5.92 Å². The number of ether oxygens (including phenoxy) is 1. The van der Waals surface area contributed by atoms with E-state index in [0.717, 1.165) is 38.0 Å². The number of hydrogen-bond acceptors (Lipinski definition) is 6. The van der Waals surface area contributed by atoms with E-state index in [0.29, 0.717) is 19.8 Å². The molecule has 3 rings (SSSR count). The number of carbonyl (C=O) groups excluding carboxylic acids is 1. The van der Waals surface area contributed by atoms with Gasteiger partial charge in [0.15, 0.2) is 5.82 Å². The fourth-order valence-electron chi connectivity index (χ4n) is 3.42. The minimum Gasteiger partial charge on any atom is -0.381 e. The van der Waals surface area contributed by atoms with Gasteiger partial charge in [0.1, 0.15) is 0 Å². The van der Waals surface area contributed by atoms with Crippen molar-refractivity contribution in [2.45, 2.75) is 37.8 Å². The molecule has 2 aliphatic heterocycles. The van der Waals surface area contributed by atoms with E-state index in [1.807, 2.05) is 12.1 Å². The summed E-state index contributed by atoms with van der Waals surface area (Å²) >= 11 is 0. The van der Waals surface area contributed by atoms with E-state index in [4.69, 9.17) is 10.5 Å². The van der Waals surface area contributed by atoms with Gasteiger partial charge in [0.05, 0.1) is 6.04 Å². The molecule has 2 unspecified atom stereocenters. The molecule has 3 heterocycles. The zero-order valence-corrected chi connectivity index (χ0v) is 13.4. The molecule has 2 aliphatic rings. The van der Waals surface area contributed by atoms with Gasteiger partial charge in [-0.05, 0) is 43.7 Å². The molecule has 1 aromatic heterocycles. The highest BCUT2D eigenvalue weighted by atomic mass is 16.5. The SMILES string of the molecule is NC(C(=O)NCC1CCCN1c1cccnn1)C1CCOCC1. The van der Waals surface area contributed by atoms with E-state index in [1.54, 1.807) is 6.20 Å². The second-order valence-corrected chi connectivity index (χ2v) is 6.29. The van der Waals surface area contributed by atoms with Crippen LogP contribution in [-0.4, -0.2) is 54.5 Å². The second-order valence-electron chi connectivity index (χ2n) is 6.29. The molecule has 0 aromatic carbocycles. The highest BCUT2D eigenvalue weighted by Crippen LogP contribution is 2.23. The fourth-order valence-corrected chi connectivity index (χ4v) is 3.42. The van der Waals surface area contributed by atoms with Crippen LogP contribution < -0.4 is 16.0 Å². The predicted octanol–water partition coefficient (Wildman–Crippen LogP) is 0.315. The minimum atomic E-state index is -0.440. The Bertz CT molecular complexity index is 506. The molecular weight excluding hydrogens is 294 g/mol. The monoisotopic (exact) mass is 319 g/mol. The van der Waals surface area contributed by atoms with Crippen molar-refractivity contribution in [1.82, 2.24) is 15.5 Å². The van der Waals surface area contributed by atoms with Gasteiger partial charge in [-0.25, -0.2) is 0 Å². The van der Waals surface area contributed by atoms with Crippen LogP contribution in [0.15, 0.2) is 18.3 Å². The minimum absolute atomic E-state index is 0.0529. The molecule has 2 saturated heterocycles. The Morgan fingerprint density at radius 3 is 3.00 bits per heavy atom. The van der Waals surface area contributed by atoms with Crippen LogP contribution in [0.1, 0.15) is 25.7 Å². The maximum Gasteiger partial charge on any atom is 0.237 e. The van der Waals surface area contributed by atoms with Gasteiger partial charge < -0.3 is 20.7 Å². The summed E-state index contributed by atoms with van der Waals surface area (Å²) in [6.45, 7) is 2.96. The summed E-state index contributed by atoms with van der Waals surface area (Å²) in [4.78, 5) is 14.5. The fraction of sp³-hybridized carbons (Fsp3) is 0.688. The van der Waals surface area contributed by atoms with Crippen LogP contribution >= 0.6 is 0 Å². The van der Waals surface area contributed by atoms with Crippen molar-refractivity contribution in [3.8, 4) is 0 Å². The van der Waals surface area contributed by atoms with E-state index < -0.39 is 6.04 Å². The number of nitrogens with zero attached hydrogens (tertiary/aromatic N) is 3. The summed E-state index contributed by atoms with van der Waals surface area (Å²) in [6, 6.07) is 3.67. The third-order valence-electron chi connectivity index (χ3n) is 4.82. The van der Waals surface area contributed by atoms with Gasteiger partial charge >= 0.3 is 0 Å². The van der Waals surface area contributed by atoms with Crippen molar-refractivity contribution in [2.24, 2.45) is 11.7 Å². The quantitative estimate of drug-likeness (QED) is 0.811. The molecule has 0 bridgehead atoms. The van der Waals surface area contributed by atoms with Crippen molar-refractivity contribution >= 4 is 11.7 Å². The average molecular weight is 319 g/mol. The highest BCUT2D eigenvalue weighted by Gasteiger charge is 2.29.